The van der Waals surface area contributed by atoms with E-state index in [1.165, 1.54) is 11.8 Å². The molecular weight excluding hydrogens is 474 g/mol. The highest BCUT2D eigenvalue weighted by Crippen LogP contribution is 2.56. The van der Waals surface area contributed by atoms with Crippen LogP contribution in [0.2, 0.25) is 5.02 Å². The Morgan fingerprint density at radius 1 is 1.18 bits per heavy atom. The molecule has 34 heavy (non-hydrogen) atoms. The van der Waals surface area contributed by atoms with E-state index in [1.807, 2.05) is 48.2 Å². The Bertz CT molecular complexity index is 1200. The van der Waals surface area contributed by atoms with Crippen LogP contribution in [0.5, 0.6) is 11.5 Å². The van der Waals surface area contributed by atoms with E-state index in [9.17, 15) is 4.79 Å². The van der Waals surface area contributed by atoms with Crippen molar-refractivity contribution in [2.75, 3.05) is 25.7 Å². The van der Waals surface area contributed by atoms with Gasteiger partial charge in [0.25, 0.3) is 5.91 Å². The summed E-state index contributed by atoms with van der Waals surface area (Å²) in [6.45, 7) is 8.64. The SMILES string of the molecule is COc1cccc([C@H]2S[C@](C)(c3nn[nH]n3)C(=O)N(CC(C)(C)C)c3ccc(Cl)cc32)c1OC. The fourth-order valence-electron chi connectivity index (χ4n) is 4.19. The van der Waals surface area contributed by atoms with Gasteiger partial charge in [0, 0.05) is 22.8 Å². The van der Waals surface area contributed by atoms with E-state index in [-0.39, 0.29) is 16.6 Å². The van der Waals surface area contributed by atoms with Crippen molar-refractivity contribution in [2.45, 2.75) is 37.7 Å². The minimum atomic E-state index is -1.14. The molecule has 8 nitrogen and oxygen atoms in total. The number of amides is 1. The van der Waals surface area contributed by atoms with Gasteiger partial charge in [-0.25, -0.2) is 0 Å². The summed E-state index contributed by atoms with van der Waals surface area (Å²) in [6.07, 6.45) is 0. The van der Waals surface area contributed by atoms with Gasteiger partial charge in [-0.3, -0.25) is 4.79 Å². The number of fused-ring (bicyclic) bond motifs is 1. The number of carbonyl (C=O) groups is 1. The molecule has 1 aliphatic heterocycles. The number of nitrogens with one attached hydrogen (secondary N) is 1. The number of tetrazole rings is 1. The Kier molecular flexibility index (Phi) is 6.52. The molecule has 0 spiro atoms. The van der Waals surface area contributed by atoms with E-state index in [0.29, 0.717) is 28.9 Å². The summed E-state index contributed by atoms with van der Waals surface area (Å²) < 4.78 is 10.2. The number of ether oxygens (including phenoxy) is 2. The van der Waals surface area contributed by atoms with Crippen LogP contribution in [0, 0.1) is 5.41 Å². The van der Waals surface area contributed by atoms with Gasteiger partial charge in [0.1, 0.15) is 0 Å². The topological polar surface area (TPSA) is 93.2 Å². The lowest BCUT2D eigenvalue weighted by molar-refractivity contribution is -0.121. The quantitative estimate of drug-likeness (QED) is 0.525. The number of benzene rings is 2. The predicted octanol–water partition coefficient (Wildman–Crippen LogP) is 5.00. The van der Waals surface area contributed by atoms with Crippen molar-refractivity contribution in [3.8, 4) is 11.5 Å². The summed E-state index contributed by atoms with van der Waals surface area (Å²) in [5, 5.41) is 14.9. The van der Waals surface area contributed by atoms with Crippen molar-refractivity contribution in [1.29, 1.82) is 0 Å². The molecule has 180 valence electrons. The van der Waals surface area contributed by atoms with Gasteiger partial charge in [-0.15, -0.1) is 22.0 Å². The number of carbonyl (C=O) groups excluding carboxylic acids is 1. The van der Waals surface area contributed by atoms with Crippen LogP contribution >= 0.6 is 23.4 Å². The van der Waals surface area contributed by atoms with Crippen LogP contribution in [0.1, 0.15) is 49.9 Å². The van der Waals surface area contributed by atoms with Gasteiger partial charge in [0.15, 0.2) is 22.1 Å². The molecule has 4 rings (SSSR count). The minimum Gasteiger partial charge on any atom is -0.493 e. The Hall–Kier alpha value is -2.78. The van der Waals surface area contributed by atoms with Crippen LogP contribution in [0.15, 0.2) is 36.4 Å². The number of rotatable bonds is 5. The number of methoxy groups -OCH3 is 2. The van der Waals surface area contributed by atoms with Gasteiger partial charge in [-0.2, -0.15) is 5.21 Å². The van der Waals surface area contributed by atoms with Crippen molar-refractivity contribution < 1.29 is 14.3 Å². The Labute approximate surface area is 208 Å². The Morgan fingerprint density at radius 2 is 1.94 bits per heavy atom. The van der Waals surface area contributed by atoms with Crippen molar-refractivity contribution in [2.24, 2.45) is 5.41 Å². The van der Waals surface area contributed by atoms with E-state index in [0.717, 1.165) is 16.8 Å². The number of hydrogen-bond acceptors (Lipinski definition) is 7. The summed E-state index contributed by atoms with van der Waals surface area (Å²) >= 11 is 7.93. The molecule has 0 saturated heterocycles. The van der Waals surface area contributed by atoms with Crippen LogP contribution in [0.3, 0.4) is 0 Å². The molecule has 0 unspecified atom stereocenters. The monoisotopic (exact) mass is 501 g/mol. The second-order valence-corrected chi connectivity index (χ2v) is 11.5. The van der Waals surface area contributed by atoms with E-state index in [1.54, 1.807) is 14.2 Å². The van der Waals surface area contributed by atoms with E-state index >= 15 is 0 Å². The Balaban J connectivity index is 2.02. The number of anilines is 1. The fraction of sp³-hybridized carbons (Fsp3) is 0.417. The van der Waals surface area contributed by atoms with E-state index < -0.39 is 4.75 Å². The van der Waals surface area contributed by atoms with Crippen LogP contribution in [-0.4, -0.2) is 47.3 Å². The number of aromatic amines is 1. The third kappa shape index (κ3) is 4.34. The van der Waals surface area contributed by atoms with Crippen LogP contribution < -0.4 is 14.4 Å². The number of thioether (sulfide) groups is 1. The first-order valence-electron chi connectivity index (χ1n) is 10.8. The number of para-hydroxylation sites is 1. The molecule has 2 aromatic carbocycles. The maximum atomic E-state index is 14.2. The number of nitrogens with zero attached hydrogens (tertiary/aromatic N) is 4. The lowest BCUT2D eigenvalue weighted by atomic mass is 9.93. The molecule has 0 aliphatic carbocycles. The summed E-state index contributed by atoms with van der Waals surface area (Å²) in [5.74, 6) is 1.39. The van der Waals surface area contributed by atoms with E-state index in [4.69, 9.17) is 21.1 Å². The highest BCUT2D eigenvalue weighted by Gasteiger charge is 2.50. The second-order valence-electron chi connectivity index (χ2n) is 9.50. The average Bonchev–Trinajstić information content (AvgIpc) is 3.32. The van der Waals surface area contributed by atoms with Gasteiger partial charge >= 0.3 is 0 Å². The molecule has 1 amide bonds. The molecule has 1 aromatic heterocycles. The molecule has 1 aliphatic rings. The standard InChI is InChI=1S/C24H28ClN5O3S/c1-23(2,3)13-30-17-11-10-14(25)12-16(17)20(15-8-7-9-18(32-5)19(15)33-6)34-24(4,22(30)31)21-26-28-29-27-21/h7-12,20H,13H2,1-6H3,(H,26,27,28,29)/t20-,24-/m1/s1. The van der Waals surface area contributed by atoms with Gasteiger partial charge < -0.3 is 14.4 Å². The number of aromatic nitrogens is 4. The minimum absolute atomic E-state index is 0.123. The highest BCUT2D eigenvalue weighted by molar-refractivity contribution is 8.01. The van der Waals surface area contributed by atoms with Crippen LogP contribution in [-0.2, 0) is 9.54 Å². The molecule has 0 saturated carbocycles. The van der Waals surface area contributed by atoms with Gasteiger partial charge in [0.2, 0.25) is 0 Å². The predicted molar refractivity (Wildman–Crippen MR) is 134 cm³/mol. The number of hydrogen-bond donors (Lipinski definition) is 1. The maximum Gasteiger partial charge on any atom is 0.250 e. The molecular formula is C24H28ClN5O3S. The van der Waals surface area contributed by atoms with Gasteiger partial charge in [-0.1, -0.05) is 49.7 Å². The third-order valence-electron chi connectivity index (χ3n) is 5.69. The second kappa shape index (κ2) is 9.11. The van der Waals surface area contributed by atoms with Crippen molar-refractivity contribution in [1.82, 2.24) is 20.6 Å². The summed E-state index contributed by atoms with van der Waals surface area (Å²) in [5.41, 5.74) is 2.38. The molecule has 2 atom stereocenters. The Morgan fingerprint density at radius 3 is 2.56 bits per heavy atom. The van der Waals surface area contributed by atoms with Crippen molar-refractivity contribution in [3.63, 3.8) is 0 Å². The molecule has 0 fully saturated rings. The number of H-pyrrole nitrogens is 1. The first-order chi connectivity index (χ1) is 16.1. The summed E-state index contributed by atoms with van der Waals surface area (Å²) in [6, 6.07) is 11.4. The smallest absolute Gasteiger partial charge is 0.250 e. The molecule has 1 N–H and O–H groups in total. The van der Waals surface area contributed by atoms with Gasteiger partial charge in [0.05, 0.1) is 19.5 Å². The van der Waals surface area contributed by atoms with Gasteiger partial charge in [-0.05, 0) is 42.2 Å². The molecule has 0 bridgehead atoms. The zero-order valence-electron chi connectivity index (χ0n) is 20.0. The third-order valence-corrected chi connectivity index (χ3v) is 7.50. The molecule has 0 radical (unpaired) electrons. The first-order valence-corrected chi connectivity index (χ1v) is 12.1. The van der Waals surface area contributed by atoms with Crippen molar-refractivity contribution in [3.05, 3.63) is 58.4 Å². The van der Waals surface area contributed by atoms with E-state index in [2.05, 4.69) is 41.4 Å². The highest BCUT2D eigenvalue weighted by atomic mass is 35.5. The first kappa shape index (κ1) is 24.3. The normalized spacial score (nSPS) is 20.6. The average molecular weight is 502 g/mol. The molecule has 10 heteroatoms. The zero-order chi connectivity index (χ0) is 24.7. The number of halogens is 1. The molecule has 2 heterocycles. The fourth-order valence-corrected chi connectivity index (χ4v) is 5.87. The summed E-state index contributed by atoms with van der Waals surface area (Å²) in [4.78, 5) is 16.1. The maximum absolute atomic E-state index is 14.2. The summed E-state index contributed by atoms with van der Waals surface area (Å²) in [7, 11) is 3.21. The van der Waals surface area contributed by atoms with Crippen LogP contribution in [0.4, 0.5) is 5.69 Å². The van der Waals surface area contributed by atoms with Crippen molar-refractivity contribution >= 4 is 35.0 Å². The lowest BCUT2D eigenvalue weighted by Gasteiger charge is -2.34. The molecule has 3 aromatic rings. The largest absolute Gasteiger partial charge is 0.493 e. The van der Waals surface area contributed by atoms with Crippen LogP contribution in [0.25, 0.3) is 0 Å². The lowest BCUT2D eigenvalue weighted by Crippen LogP contribution is -2.46. The zero-order valence-corrected chi connectivity index (χ0v) is 21.6.